The third kappa shape index (κ3) is 2.83. The van der Waals surface area contributed by atoms with E-state index in [-0.39, 0.29) is 5.69 Å². The topological polar surface area (TPSA) is 43.1 Å². The van der Waals surface area contributed by atoms with Crippen molar-refractivity contribution in [2.24, 2.45) is 0 Å². The van der Waals surface area contributed by atoms with Gasteiger partial charge in [-0.05, 0) is 39.6 Å². The van der Waals surface area contributed by atoms with Crippen molar-refractivity contribution in [2.45, 2.75) is 0 Å². The van der Waals surface area contributed by atoms with Gasteiger partial charge in [-0.1, -0.05) is 78.3 Å². The molecule has 3 nitrogen and oxygen atoms in total. The Hall–Kier alpha value is -3.17. The Kier molecular flexibility index (Phi) is 4.15. The molecule has 0 aromatic heterocycles. The lowest BCUT2D eigenvalue weighted by Crippen LogP contribution is -1.94. The summed E-state index contributed by atoms with van der Waals surface area (Å²) in [5.41, 5.74) is 3.11. The fourth-order valence-electron chi connectivity index (χ4n) is 3.24. The van der Waals surface area contributed by atoms with E-state index in [1.807, 2.05) is 42.5 Å². The van der Waals surface area contributed by atoms with E-state index in [0.29, 0.717) is 10.6 Å². The summed E-state index contributed by atoms with van der Waals surface area (Å²) >= 11 is 6.36. The molecule has 0 unspecified atom stereocenters. The van der Waals surface area contributed by atoms with Crippen LogP contribution in [0.3, 0.4) is 0 Å². The summed E-state index contributed by atoms with van der Waals surface area (Å²) in [5.74, 6) is 0. The number of rotatable bonds is 3. The minimum atomic E-state index is -0.390. The summed E-state index contributed by atoms with van der Waals surface area (Å²) in [6.45, 7) is 0. The van der Waals surface area contributed by atoms with E-state index >= 15 is 0 Å². The monoisotopic (exact) mass is 359 g/mol. The third-order valence-electron chi connectivity index (χ3n) is 4.45. The Morgan fingerprint density at radius 1 is 0.731 bits per heavy atom. The predicted octanol–water partition coefficient (Wildman–Crippen LogP) is 6.74. The average Bonchev–Trinajstić information content (AvgIpc) is 2.67. The molecular formula is C22H14ClNO2. The number of nitrogens with zero attached hydrogens (tertiary/aromatic N) is 1. The highest BCUT2D eigenvalue weighted by Crippen LogP contribution is 2.41. The average molecular weight is 360 g/mol. The summed E-state index contributed by atoms with van der Waals surface area (Å²) in [4.78, 5) is 11.1. The van der Waals surface area contributed by atoms with Gasteiger partial charge in [0.1, 0.15) is 0 Å². The van der Waals surface area contributed by atoms with Crippen LogP contribution in [0.1, 0.15) is 0 Å². The van der Waals surface area contributed by atoms with Crippen LogP contribution >= 0.6 is 11.6 Å². The first-order valence-corrected chi connectivity index (χ1v) is 8.54. The molecule has 126 valence electrons. The van der Waals surface area contributed by atoms with Gasteiger partial charge in [0.25, 0.3) is 5.69 Å². The van der Waals surface area contributed by atoms with E-state index in [2.05, 4.69) is 24.3 Å². The Balaban J connectivity index is 1.98. The maximum atomic E-state index is 11.5. The van der Waals surface area contributed by atoms with Gasteiger partial charge in [-0.15, -0.1) is 0 Å². The molecule has 4 aromatic rings. The van der Waals surface area contributed by atoms with Gasteiger partial charge in [0.15, 0.2) is 0 Å². The summed E-state index contributed by atoms with van der Waals surface area (Å²) in [5, 5.41) is 14.2. The van der Waals surface area contributed by atoms with Crippen LogP contribution in [-0.4, -0.2) is 4.92 Å². The fourth-order valence-corrected chi connectivity index (χ4v) is 3.51. The predicted molar refractivity (Wildman–Crippen MR) is 106 cm³/mol. The minimum absolute atomic E-state index is 0.00531. The molecule has 0 aliphatic rings. The van der Waals surface area contributed by atoms with Crippen molar-refractivity contribution in [3.05, 3.63) is 100 Å². The first-order chi connectivity index (χ1) is 12.6. The first kappa shape index (κ1) is 16.3. The van der Waals surface area contributed by atoms with E-state index in [9.17, 15) is 10.1 Å². The van der Waals surface area contributed by atoms with Crippen molar-refractivity contribution >= 4 is 28.1 Å². The molecule has 0 bridgehead atoms. The lowest BCUT2D eigenvalue weighted by Gasteiger charge is -2.12. The SMILES string of the molecule is O=[N+]([O-])c1cccc(Cl)c1-c1ccccc1-c1ccc2ccccc2c1. The van der Waals surface area contributed by atoms with Gasteiger partial charge in [-0.3, -0.25) is 10.1 Å². The lowest BCUT2D eigenvalue weighted by molar-refractivity contribution is -0.384. The zero-order valence-electron chi connectivity index (χ0n) is 13.7. The Morgan fingerprint density at radius 2 is 1.42 bits per heavy atom. The summed E-state index contributed by atoms with van der Waals surface area (Å²) in [6, 6.07) is 26.7. The van der Waals surface area contributed by atoms with Crippen LogP contribution in [0.25, 0.3) is 33.0 Å². The highest BCUT2D eigenvalue weighted by atomic mass is 35.5. The van der Waals surface area contributed by atoms with Gasteiger partial charge in [-0.25, -0.2) is 0 Å². The molecular weight excluding hydrogens is 346 g/mol. The molecule has 4 aromatic carbocycles. The molecule has 0 saturated carbocycles. The minimum Gasteiger partial charge on any atom is -0.258 e. The van der Waals surface area contributed by atoms with Crippen LogP contribution in [0.15, 0.2) is 84.9 Å². The molecule has 0 spiro atoms. The van der Waals surface area contributed by atoms with Crippen molar-refractivity contribution in [2.75, 3.05) is 0 Å². The Labute approximate surface area is 155 Å². The quantitative estimate of drug-likeness (QED) is 0.300. The number of hydrogen-bond donors (Lipinski definition) is 0. The van der Waals surface area contributed by atoms with E-state index < -0.39 is 4.92 Å². The van der Waals surface area contributed by atoms with Crippen LogP contribution < -0.4 is 0 Å². The van der Waals surface area contributed by atoms with E-state index in [4.69, 9.17) is 11.6 Å². The molecule has 0 heterocycles. The van der Waals surface area contributed by atoms with Crippen molar-refractivity contribution in [1.29, 1.82) is 0 Å². The third-order valence-corrected chi connectivity index (χ3v) is 4.76. The molecule has 0 aliphatic heterocycles. The molecule has 4 rings (SSSR count). The maximum absolute atomic E-state index is 11.5. The van der Waals surface area contributed by atoms with Gasteiger partial charge in [-0.2, -0.15) is 0 Å². The first-order valence-electron chi connectivity index (χ1n) is 8.16. The van der Waals surface area contributed by atoms with Crippen molar-refractivity contribution in [3.63, 3.8) is 0 Å². The lowest BCUT2D eigenvalue weighted by atomic mass is 9.92. The molecule has 26 heavy (non-hydrogen) atoms. The Morgan fingerprint density at radius 3 is 2.19 bits per heavy atom. The highest BCUT2D eigenvalue weighted by molar-refractivity contribution is 6.34. The van der Waals surface area contributed by atoms with Gasteiger partial charge in [0, 0.05) is 6.07 Å². The van der Waals surface area contributed by atoms with Crippen molar-refractivity contribution < 1.29 is 4.92 Å². The smallest absolute Gasteiger partial charge is 0.258 e. The summed E-state index contributed by atoms with van der Waals surface area (Å²) in [6.07, 6.45) is 0. The number of nitro groups is 1. The zero-order valence-corrected chi connectivity index (χ0v) is 14.5. The maximum Gasteiger partial charge on any atom is 0.278 e. The molecule has 0 atom stereocenters. The second-order valence-corrected chi connectivity index (χ2v) is 6.41. The molecule has 0 amide bonds. The van der Waals surface area contributed by atoms with Crippen LogP contribution in [0, 0.1) is 10.1 Å². The van der Waals surface area contributed by atoms with E-state index in [0.717, 1.165) is 27.5 Å². The Bertz CT molecular complexity index is 1140. The number of halogens is 1. The second kappa shape index (κ2) is 6.62. The molecule has 0 saturated heterocycles. The zero-order chi connectivity index (χ0) is 18.1. The largest absolute Gasteiger partial charge is 0.278 e. The highest BCUT2D eigenvalue weighted by Gasteiger charge is 2.21. The van der Waals surface area contributed by atoms with Crippen molar-refractivity contribution in [3.8, 4) is 22.3 Å². The van der Waals surface area contributed by atoms with Crippen LogP contribution in [0.4, 0.5) is 5.69 Å². The molecule has 0 radical (unpaired) electrons. The number of hydrogen-bond acceptors (Lipinski definition) is 2. The van der Waals surface area contributed by atoms with E-state index in [1.54, 1.807) is 12.1 Å². The number of benzene rings is 4. The normalized spacial score (nSPS) is 10.8. The molecule has 0 aliphatic carbocycles. The number of nitro benzene ring substituents is 1. The molecule has 4 heteroatoms. The summed E-state index contributed by atoms with van der Waals surface area (Å²) in [7, 11) is 0. The van der Waals surface area contributed by atoms with Crippen LogP contribution in [0.5, 0.6) is 0 Å². The summed E-state index contributed by atoms with van der Waals surface area (Å²) < 4.78 is 0. The molecule has 0 fully saturated rings. The number of fused-ring (bicyclic) bond motifs is 1. The van der Waals surface area contributed by atoms with Gasteiger partial charge in [0.05, 0.1) is 15.5 Å². The standard InChI is InChI=1S/C22H14ClNO2/c23-20-10-5-11-21(24(25)26)22(20)19-9-4-3-8-18(19)17-13-12-15-6-1-2-7-16(15)14-17/h1-14H. The fraction of sp³-hybridized carbons (Fsp3) is 0. The van der Waals surface area contributed by atoms with E-state index in [1.165, 1.54) is 6.07 Å². The van der Waals surface area contributed by atoms with Crippen molar-refractivity contribution in [1.82, 2.24) is 0 Å². The van der Waals surface area contributed by atoms with Crippen LogP contribution in [-0.2, 0) is 0 Å². The van der Waals surface area contributed by atoms with Gasteiger partial charge in [0.2, 0.25) is 0 Å². The molecule has 0 N–H and O–H groups in total. The second-order valence-electron chi connectivity index (χ2n) is 6.00. The van der Waals surface area contributed by atoms with Gasteiger partial charge < -0.3 is 0 Å². The van der Waals surface area contributed by atoms with Gasteiger partial charge >= 0.3 is 0 Å². The van der Waals surface area contributed by atoms with Crippen LogP contribution in [0.2, 0.25) is 5.02 Å².